The van der Waals surface area contributed by atoms with Gasteiger partial charge in [0.2, 0.25) is 5.91 Å². The average molecular weight is 352 g/mol. The van der Waals surface area contributed by atoms with Gasteiger partial charge in [0.15, 0.2) is 0 Å². The number of rotatable bonds is 6. The first kappa shape index (κ1) is 18.5. The van der Waals surface area contributed by atoms with E-state index in [9.17, 15) is 4.79 Å². The first-order valence-corrected chi connectivity index (χ1v) is 9.37. The highest BCUT2D eigenvalue weighted by atomic mass is 16.5. The van der Waals surface area contributed by atoms with Gasteiger partial charge in [-0.25, -0.2) is 0 Å². The zero-order valence-electron chi connectivity index (χ0n) is 15.7. The van der Waals surface area contributed by atoms with Gasteiger partial charge in [-0.2, -0.15) is 0 Å². The molecule has 2 aromatic carbocycles. The van der Waals surface area contributed by atoms with Crippen molar-refractivity contribution in [3.63, 3.8) is 0 Å². The molecule has 26 heavy (non-hydrogen) atoms. The van der Waals surface area contributed by atoms with Crippen LogP contribution in [0.2, 0.25) is 0 Å². The van der Waals surface area contributed by atoms with Crippen molar-refractivity contribution in [3.05, 3.63) is 59.7 Å². The van der Waals surface area contributed by atoms with E-state index in [0.717, 1.165) is 37.7 Å². The first-order chi connectivity index (χ1) is 12.6. The highest BCUT2D eigenvalue weighted by molar-refractivity contribution is 5.88. The predicted octanol–water partition coefficient (Wildman–Crippen LogP) is 4.24. The summed E-state index contributed by atoms with van der Waals surface area (Å²) in [6, 6.07) is 16.4. The number of hydrogen-bond donors (Lipinski definition) is 1. The molecule has 0 bridgehead atoms. The molecule has 1 amide bonds. The van der Waals surface area contributed by atoms with E-state index >= 15 is 0 Å². The fourth-order valence-corrected chi connectivity index (χ4v) is 3.43. The third-order valence-electron chi connectivity index (χ3n) is 4.79. The van der Waals surface area contributed by atoms with Crippen LogP contribution in [0.1, 0.15) is 30.9 Å². The summed E-state index contributed by atoms with van der Waals surface area (Å²) in [7, 11) is 0. The van der Waals surface area contributed by atoms with E-state index in [1.807, 2.05) is 24.3 Å². The van der Waals surface area contributed by atoms with Crippen LogP contribution in [-0.4, -0.2) is 30.5 Å². The molecular formula is C22H28N2O2. The van der Waals surface area contributed by atoms with Crippen LogP contribution < -0.4 is 10.1 Å². The molecule has 1 N–H and O–H groups in total. The lowest BCUT2D eigenvalue weighted by Crippen LogP contribution is -2.37. The van der Waals surface area contributed by atoms with Crippen molar-refractivity contribution in [1.29, 1.82) is 0 Å². The number of nitrogens with one attached hydrogen (secondary N) is 1. The molecule has 0 radical (unpaired) electrons. The van der Waals surface area contributed by atoms with Crippen LogP contribution in [0.4, 0.5) is 5.69 Å². The highest BCUT2D eigenvalue weighted by Crippen LogP contribution is 2.21. The van der Waals surface area contributed by atoms with Gasteiger partial charge in [-0.05, 0) is 56.1 Å². The van der Waals surface area contributed by atoms with Crippen molar-refractivity contribution in [2.24, 2.45) is 5.92 Å². The number of carbonyl (C=O) groups is 1. The van der Waals surface area contributed by atoms with E-state index < -0.39 is 0 Å². The zero-order chi connectivity index (χ0) is 18.4. The fraction of sp³-hybridized carbons (Fsp3) is 0.409. The molecule has 138 valence electrons. The van der Waals surface area contributed by atoms with Crippen molar-refractivity contribution in [3.8, 4) is 5.75 Å². The number of hydrogen-bond acceptors (Lipinski definition) is 3. The smallest absolute Gasteiger partial charge is 0.221 e. The standard InChI is InChI=1S/C22H28N2O2/c1-17-5-11-22(12-6-17)26-16-20-4-3-13-24(15-20)14-19-7-9-21(10-8-19)23-18(2)25/h5-12,20H,3-4,13-16H2,1-2H3,(H,23,25). The van der Waals surface area contributed by atoms with Gasteiger partial charge in [0, 0.05) is 31.6 Å². The second-order valence-electron chi connectivity index (χ2n) is 7.25. The predicted molar refractivity (Wildman–Crippen MR) is 105 cm³/mol. The number of carbonyl (C=O) groups excluding carboxylic acids is 1. The minimum atomic E-state index is -0.0369. The number of ether oxygens (including phenoxy) is 1. The van der Waals surface area contributed by atoms with Crippen LogP contribution in [0, 0.1) is 12.8 Å². The summed E-state index contributed by atoms with van der Waals surface area (Å²) in [5.74, 6) is 1.50. The Labute approximate surface area is 156 Å². The molecule has 1 saturated heterocycles. The van der Waals surface area contributed by atoms with Crippen LogP contribution in [0.3, 0.4) is 0 Å². The molecule has 0 aromatic heterocycles. The summed E-state index contributed by atoms with van der Waals surface area (Å²) in [5, 5.41) is 2.81. The lowest BCUT2D eigenvalue weighted by Gasteiger charge is -2.32. The van der Waals surface area contributed by atoms with Crippen molar-refractivity contribution in [2.45, 2.75) is 33.2 Å². The molecule has 1 unspecified atom stereocenters. The molecule has 0 spiro atoms. The molecule has 1 heterocycles. The topological polar surface area (TPSA) is 41.6 Å². The Balaban J connectivity index is 1.48. The van der Waals surface area contributed by atoms with Crippen LogP contribution in [0.5, 0.6) is 5.75 Å². The van der Waals surface area contributed by atoms with Gasteiger partial charge in [-0.15, -0.1) is 0 Å². The van der Waals surface area contributed by atoms with E-state index in [1.165, 1.54) is 30.9 Å². The Hall–Kier alpha value is -2.33. The van der Waals surface area contributed by atoms with E-state index in [0.29, 0.717) is 5.92 Å². The van der Waals surface area contributed by atoms with E-state index in [2.05, 4.69) is 41.4 Å². The number of likely N-dealkylation sites (tertiary alicyclic amines) is 1. The van der Waals surface area contributed by atoms with Crippen LogP contribution >= 0.6 is 0 Å². The first-order valence-electron chi connectivity index (χ1n) is 9.37. The molecule has 4 heteroatoms. The zero-order valence-corrected chi connectivity index (χ0v) is 15.7. The fourth-order valence-electron chi connectivity index (χ4n) is 3.43. The Morgan fingerprint density at radius 3 is 2.58 bits per heavy atom. The van der Waals surface area contributed by atoms with Crippen molar-refractivity contribution >= 4 is 11.6 Å². The summed E-state index contributed by atoms with van der Waals surface area (Å²) < 4.78 is 5.98. The van der Waals surface area contributed by atoms with Crippen molar-refractivity contribution in [1.82, 2.24) is 4.90 Å². The molecule has 4 nitrogen and oxygen atoms in total. The normalized spacial score (nSPS) is 17.7. The minimum absolute atomic E-state index is 0.0369. The van der Waals surface area contributed by atoms with E-state index in [4.69, 9.17) is 4.74 Å². The van der Waals surface area contributed by atoms with Crippen LogP contribution in [0.25, 0.3) is 0 Å². The van der Waals surface area contributed by atoms with Gasteiger partial charge in [-0.3, -0.25) is 9.69 Å². The van der Waals surface area contributed by atoms with Gasteiger partial charge < -0.3 is 10.1 Å². The summed E-state index contributed by atoms with van der Waals surface area (Å²) in [6.45, 7) is 7.54. The van der Waals surface area contributed by atoms with E-state index in [1.54, 1.807) is 0 Å². The quantitative estimate of drug-likeness (QED) is 0.845. The minimum Gasteiger partial charge on any atom is -0.493 e. The third-order valence-corrected chi connectivity index (χ3v) is 4.79. The summed E-state index contributed by atoms with van der Waals surface area (Å²) in [4.78, 5) is 13.6. The molecule has 1 aliphatic rings. The maximum absolute atomic E-state index is 11.1. The lowest BCUT2D eigenvalue weighted by molar-refractivity contribution is -0.114. The Morgan fingerprint density at radius 1 is 1.15 bits per heavy atom. The Morgan fingerprint density at radius 2 is 1.88 bits per heavy atom. The highest BCUT2D eigenvalue weighted by Gasteiger charge is 2.20. The second kappa shape index (κ2) is 8.86. The molecule has 0 saturated carbocycles. The Bertz CT molecular complexity index is 710. The summed E-state index contributed by atoms with van der Waals surface area (Å²) in [6.07, 6.45) is 2.44. The van der Waals surface area contributed by atoms with Gasteiger partial charge in [-0.1, -0.05) is 29.8 Å². The largest absolute Gasteiger partial charge is 0.493 e. The number of piperidine rings is 1. The number of benzene rings is 2. The Kier molecular flexibility index (Phi) is 6.29. The molecule has 1 aliphatic heterocycles. The average Bonchev–Trinajstić information content (AvgIpc) is 2.63. The number of anilines is 1. The summed E-state index contributed by atoms with van der Waals surface area (Å²) in [5.41, 5.74) is 3.38. The monoisotopic (exact) mass is 352 g/mol. The molecule has 2 aromatic rings. The SMILES string of the molecule is CC(=O)Nc1ccc(CN2CCCC(COc3ccc(C)cc3)C2)cc1. The van der Waals surface area contributed by atoms with Gasteiger partial charge >= 0.3 is 0 Å². The molecule has 0 aliphatic carbocycles. The van der Waals surface area contributed by atoms with Gasteiger partial charge in [0.25, 0.3) is 0 Å². The number of amides is 1. The van der Waals surface area contributed by atoms with Crippen molar-refractivity contribution < 1.29 is 9.53 Å². The number of nitrogens with zero attached hydrogens (tertiary/aromatic N) is 1. The van der Waals surface area contributed by atoms with Gasteiger partial charge in [0.05, 0.1) is 6.61 Å². The van der Waals surface area contributed by atoms with Crippen LogP contribution in [0.15, 0.2) is 48.5 Å². The molecular weight excluding hydrogens is 324 g/mol. The van der Waals surface area contributed by atoms with E-state index in [-0.39, 0.29) is 5.91 Å². The molecule has 1 fully saturated rings. The molecule has 1 atom stereocenters. The third kappa shape index (κ3) is 5.60. The van der Waals surface area contributed by atoms with Crippen molar-refractivity contribution in [2.75, 3.05) is 25.0 Å². The summed E-state index contributed by atoms with van der Waals surface area (Å²) >= 11 is 0. The lowest BCUT2D eigenvalue weighted by atomic mass is 9.98. The second-order valence-corrected chi connectivity index (χ2v) is 7.25. The maximum Gasteiger partial charge on any atom is 0.221 e. The van der Waals surface area contributed by atoms with Gasteiger partial charge in [0.1, 0.15) is 5.75 Å². The molecule has 3 rings (SSSR count). The van der Waals surface area contributed by atoms with Crippen LogP contribution in [-0.2, 0) is 11.3 Å². The maximum atomic E-state index is 11.1. The number of aryl methyl sites for hydroxylation is 1.